The summed E-state index contributed by atoms with van der Waals surface area (Å²) in [7, 11) is -3.92. The van der Waals surface area contributed by atoms with E-state index in [0.717, 1.165) is 0 Å². The van der Waals surface area contributed by atoms with Crippen molar-refractivity contribution in [1.82, 2.24) is 0 Å². The molecule has 0 spiro atoms. The fourth-order valence-electron chi connectivity index (χ4n) is 1.29. The van der Waals surface area contributed by atoms with Crippen molar-refractivity contribution in [3.8, 4) is 0 Å². The van der Waals surface area contributed by atoms with Crippen LogP contribution in [0.3, 0.4) is 0 Å². The largest absolute Gasteiger partial charge is 0.784 e. The molecular formula is C15H23N2O8S2-. The third-order valence-corrected chi connectivity index (χ3v) is 2.34. The average molecular weight is 423 g/mol. The molecule has 0 aromatic carbocycles. The van der Waals surface area contributed by atoms with Crippen LogP contribution in [0.15, 0.2) is 49.1 Å². The highest BCUT2D eigenvalue weighted by molar-refractivity contribution is 7.84. The molecule has 0 amide bonds. The molecule has 27 heavy (non-hydrogen) atoms. The lowest BCUT2D eigenvalue weighted by Gasteiger charge is -2.03. The lowest BCUT2D eigenvalue weighted by molar-refractivity contribution is -0.950. The van der Waals surface area contributed by atoms with Crippen LogP contribution in [-0.2, 0) is 21.5 Å². The second-order valence-electron chi connectivity index (χ2n) is 4.76. The van der Waals surface area contributed by atoms with Crippen LogP contribution in [0.5, 0.6) is 0 Å². The first kappa shape index (κ1) is 27.1. The molecule has 0 fully saturated rings. The van der Waals surface area contributed by atoms with E-state index in [4.69, 9.17) is 36.0 Å². The third kappa shape index (κ3) is 20.0. The van der Waals surface area contributed by atoms with Crippen molar-refractivity contribution < 1.29 is 45.4 Å². The quantitative estimate of drug-likeness (QED) is 0.268. The lowest BCUT2D eigenvalue weighted by atomic mass is 10.3. The van der Waals surface area contributed by atoms with E-state index < -0.39 is 21.5 Å². The molecule has 10 nitrogen and oxygen atoms in total. The number of nitrogens with zero attached hydrogens (tertiary/aromatic N) is 2. The molecule has 0 aliphatic heterocycles. The summed E-state index contributed by atoms with van der Waals surface area (Å²) in [6.07, 6.45) is 7.99. The van der Waals surface area contributed by atoms with Crippen molar-refractivity contribution in [2.45, 2.75) is 21.3 Å². The van der Waals surface area contributed by atoms with Gasteiger partial charge in [-0.1, -0.05) is 7.43 Å². The molecule has 2 aromatic heterocycles. The predicted octanol–water partition coefficient (Wildman–Crippen LogP) is -0.813. The maximum atomic E-state index is 9.08. The highest BCUT2D eigenvalue weighted by atomic mass is 32.2. The average Bonchev–Trinajstić information content (AvgIpc) is 2.49. The van der Waals surface area contributed by atoms with Crippen LogP contribution >= 0.6 is 0 Å². The van der Waals surface area contributed by atoms with E-state index >= 15 is 0 Å². The molecule has 0 aliphatic rings. The number of rotatable bonds is 4. The van der Waals surface area contributed by atoms with Crippen molar-refractivity contribution in [3.05, 3.63) is 60.2 Å². The van der Waals surface area contributed by atoms with Gasteiger partial charge in [0.25, 0.3) is 0 Å². The van der Waals surface area contributed by atoms with E-state index in [1.54, 1.807) is 9.46 Å². The molecule has 0 N–H and O–H groups in total. The zero-order chi connectivity index (χ0) is 20.2. The Bertz CT molecular complexity index is 708. The van der Waals surface area contributed by atoms with Crippen LogP contribution in [0.2, 0.25) is 0 Å². The van der Waals surface area contributed by atoms with E-state index in [1.165, 1.54) is 11.1 Å². The lowest BCUT2D eigenvalue weighted by Crippen LogP contribution is -2.51. The van der Waals surface area contributed by atoms with E-state index in [2.05, 4.69) is 0 Å². The van der Waals surface area contributed by atoms with Gasteiger partial charge in [0, 0.05) is 40.0 Å². The van der Waals surface area contributed by atoms with Crippen molar-refractivity contribution in [1.29, 1.82) is 0 Å². The first-order valence-corrected chi connectivity index (χ1v) is 9.69. The minimum Gasteiger partial charge on any atom is -0.784 e. The molecule has 0 saturated carbocycles. The maximum absolute atomic E-state index is 9.08. The number of aryl methyl sites for hydroxylation is 2. The van der Waals surface area contributed by atoms with Gasteiger partial charge in [0.1, 0.15) is 0 Å². The Kier molecular flexibility index (Phi) is 14.1. The van der Waals surface area contributed by atoms with E-state index in [0.29, 0.717) is 6.26 Å². The van der Waals surface area contributed by atoms with Gasteiger partial charge >= 0.3 is 6.79 Å². The van der Waals surface area contributed by atoms with Gasteiger partial charge in [-0.25, -0.2) is 18.1 Å². The molecule has 0 radical (unpaired) electrons. The zero-order valence-electron chi connectivity index (χ0n) is 14.3. The molecule has 0 saturated heterocycles. The monoisotopic (exact) mass is 423 g/mol. The summed E-state index contributed by atoms with van der Waals surface area (Å²) >= 11 is -3.11. The van der Waals surface area contributed by atoms with Crippen molar-refractivity contribution in [2.24, 2.45) is 0 Å². The van der Waals surface area contributed by atoms with Gasteiger partial charge < -0.3 is 13.7 Å². The molecule has 0 bridgehead atoms. The van der Waals surface area contributed by atoms with Gasteiger partial charge in [-0.15, -0.1) is 11.4 Å². The Balaban J connectivity index is 0. The smallest absolute Gasteiger partial charge is 0.364 e. The minimum atomic E-state index is -3.92. The molecule has 0 aliphatic carbocycles. The van der Waals surface area contributed by atoms with E-state index in [1.807, 2.05) is 62.9 Å². The molecule has 0 atom stereocenters. The van der Waals surface area contributed by atoms with Gasteiger partial charge in [0.05, 0.1) is 10.1 Å². The van der Waals surface area contributed by atoms with Crippen LogP contribution < -0.4 is 19.1 Å². The normalized spacial score (nSPS) is 9.74. The van der Waals surface area contributed by atoms with E-state index in [-0.39, 0.29) is 14.2 Å². The summed E-state index contributed by atoms with van der Waals surface area (Å²) in [4.78, 5) is 10.7. The second kappa shape index (κ2) is 14.0. The molecule has 154 valence electrons. The Hall–Kier alpha value is -2.12. The van der Waals surface area contributed by atoms with Crippen molar-refractivity contribution in [3.63, 3.8) is 0 Å². The van der Waals surface area contributed by atoms with Crippen molar-refractivity contribution >= 4 is 21.5 Å². The number of aromatic nitrogens is 2. The number of pyridine rings is 2. The van der Waals surface area contributed by atoms with Gasteiger partial charge in [-0.2, -0.15) is 0 Å². The molecule has 2 heterocycles. The Morgan fingerprint density at radius 1 is 0.926 bits per heavy atom. The van der Waals surface area contributed by atoms with Crippen LogP contribution in [-0.4, -0.2) is 39.3 Å². The van der Waals surface area contributed by atoms with Gasteiger partial charge in [-0.3, -0.25) is 4.21 Å². The van der Waals surface area contributed by atoms with Crippen LogP contribution in [0.25, 0.3) is 0 Å². The Labute approximate surface area is 161 Å². The molecule has 12 heteroatoms. The molecule has 2 rings (SSSR count). The summed E-state index contributed by atoms with van der Waals surface area (Å²) in [6.45, 7) is 4.22. The van der Waals surface area contributed by atoms with Crippen LogP contribution in [0, 0.1) is 13.8 Å². The highest BCUT2D eigenvalue weighted by Gasteiger charge is 2.04. The minimum absolute atomic E-state index is 0. The maximum Gasteiger partial charge on any atom is 0.364 e. The SMILES string of the molecule is C.CS(=O)(=O)[O-].Cc1cc[n+](OCO[n+]2ccc(C)cc2)cc1.O=S([O-])[O-]. The first-order valence-electron chi connectivity index (χ1n) is 6.87. The molecule has 2 aromatic rings. The zero-order valence-corrected chi connectivity index (χ0v) is 15.9. The van der Waals surface area contributed by atoms with Crippen LogP contribution in [0.1, 0.15) is 18.6 Å². The Morgan fingerprint density at radius 2 is 1.15 bits per heavy atom. The summed E-state index contributed by atoms with van der Waals surface area (Å²) in [5.41, 5.74) is 2.39. The van der Waals surface area contributed by atoms with Gasteiger partial charge in [-0.05, 0) is 25.0 Å². The summed E-state index contributed by atoms with van der Waals surface area (Å²) in [6, 6.07) is 7.88. The highest BCUT2D eigenvalue weighted by Crippen LogP contribution is 1.89. The molecule has 0 unspecified atom stereocenters. The van der Waals surface area contributed by atoms with Crippen LogP contribution in [0.4, 0.5) is 0 Å². The third-order valence-electron chi connectivity index (χ3n) is 2.34. The summed E-state index contributed by atoms with van der Waals surface area (Å²) < 4.78 is 55.8. The number of hydrogen-bond donors (Lipinski definition) is 0. The van der Waals surface area contributed by atoms with Crippen molar-refractivity contribution in [2.75, 3.05) is 13.0 Å². The van der Waals surface area contributed by atoms with E-state index in [9.17, 15) is 0 Å². The predicted molar refractivity (Wildman–Crippen MR) is 92.8 cm³/mol. The second-order valence-corrected chi connectivity index (χ2v) is 6.57. The Morgan fingerprint density at radius 3 is 1.37 bits per heavy atom. The van der Waals surface area contributed by atoms with Gasteiger partial charge in [0.15, 0.2) is 0 Å². The standard InChI is InChI=1S/C13H16N2O2.CH4O3S.CH4.H2O3S/c1-12-3-7-14(8-4-12)16-11-17-15-9-5-13(2)6-10-15;1-5(2,3)4;;1-4(2)3/h3-10H,11H2,1-2H3;1H3,(H,2,3,4);1H4;(H2,1,2,3)/q+2;;;/p-3. The topological polar surface area (TPSA) is 147 Å². The fraction of sp³-hybridized carbons (Fsp3) is 0.333. The van der Waals surface area contributed by atoms with Gasteiger partial charge in [0.2, 0.25) is 24.8 Å². The molecular weight excluding hydrogens is 400 g/mol. The fourth-order valence-corrected chi connectivity index (χ4v) is 1.29. The first-order chi connectivity index (χ1) is 12.0. The summed E-state index contributed by atoms with van der Waals surface area (Å²) in [5, 5.41) is 0. The number of hydrogen-bond acceptors (Lipinski definition) is 8. The summed E-state index contributed by atoms with van der Waals surface area (Å²) in [5.74, 6) is 0.